The number of benzene rings is 1. The summed E-state index contributed by atoms with van der Waals surface area (Å²) in [5, 5.41) is 0. The molecule has 0 atom stereocenters. The van der Waals surface area contributed by atoms with Crippen LogP contribution in [0.3, 0.4) is 0 Å². The summed E-state index contributed by atoms with van der Waals surface area (Å²) in [7, 11) is 0. The van der Waals surface area contributed by atoms with Crippen molar-refractivity contribution in [3.05, 3.63) is 29.8 Å². The van der Waals surface area contributed by atoms with Crippen molar-refractivity contribution in [2.75, 3.05) is 6.61 Å². The van der Waals surface area contributed by atoms with Crippen molar-refractivity contribution in [3.63, 3.8) is 0 Å². The Bertz CT molecular complexity index is 435. The molecule has 0 aliphatic carbocycles. The highest BCUT2D eigenvalue weighted by Crippen LogP contribution is 2.23. The van der Waals surface area contributed by atoms with Crippen LogP contribution in [0, 0.1) is 17.0 Å². The van der Waals surface area contributed by atoms with Gasteiger partial charge in [0.1, 0.15) is 5.82 Å². The van der Waals surface area contributed by atoms with Crippen LogP contribution in [0.4, 0.5) is 8.78 Å². The molecule has 0 amide bonds. The number of halogens is 2. The number of nitrogens with two attached hydrogens (primary N) is 1. The first-order valence-corrected chi connectivity index (χ1v) is 6.11. The summed E-state index contributed by atoms with van der Waals surface area (Å²) in [6.45, 7) is 4.18. The highest BCUT2D eigenvalue weighted by Gasteiger charge is 2.20. The zero-order chi connectivity index (χ0) is 13.8. The zero-order valence-corrected chi connectivity index (χ0v) is 11.3. The van der Waals surface area contributed by atoms with Gasteiger partial charge in [-0.15, -0.1) is 0 Å². The van der Waals surface area contributed by atoms with Gasteiger partial charge in [-0.1, -0.05) is 26.1 Å². The summed E-state index contributed by atoms with van der Waals surface area (Å²) in [6, 6.07) is 3.13. The van der Waals surface area contributed by atoms with Crippen LogP contribution in [0.2, 0.25) is 0 Å². The van der Waals surface area contributed by atoms with Crippen LogP contribution in [-0.4, -0.2) is 11.6 Å². The van der Waals surface area contributed by atoms with Crippen LogP contribution in [0.5, 0.6) is 5.75 Å². The lowest BCUT2D eigenvalue weighted by molar-refractivity contribution is 0.274. The van der Waals surface area contributed by atoms with Gasteiger partial charge in [-0.05, 0) is 25.0 Å². The minimum Gasteiger partial charge on any atom is -0.490 e. The Morgan fingerprint density at radius 3 is 2.67 bits per heavy atom. The molecule has 0 aromatic heterocycles. The molecule has 0 bridgehead atoms. The van der Waals surface area contributed by atoms with E-state index in [-0.39, 0.29) is 11.2 Å². The first-order valence-electron chi connectivity index (χ1n) is 5.71. The van der Waals surface area contributed by atoms with Crippen molar-refractivity contribution in [3.8, 4) is 5.75 Å². The highest BCUT2D eigenvalue weighted by molar-refractivity contribution is 7.80. The molecule has 0 spiro atoms. The molecule has 0 aliphatic rings. The van der Waals surface area contributed by atoms with E-state index in [9.17, 15) is 8.78 Å². The lowest BCUT2D eigenvalue weighted by atomic mass is 9.88. The normalized spacial score (nSPS) is 11.3. The fourth-order valence-corrected chi connectivity index (χ4v) is 1.51. The Labute approximate surface area is 111 Å². The van der Waals surface area contributed by atoms with Gasteiger partial charge >= 0.3 is 0 Å². The number of ether oxygens (including phenoxy) is 1. The van der Waals surface area contributed by atoms with E-state index in [2.05, 4.69) is 0 Å². The van der Waals surface area contributed by atoms with Gasteiger partial charge < -0.3 is 10.5 Å². The summed E-state index contributed by atoms with van der Waals surface area (Å²) in [4.78, 5) is 0.444. The fourth-order valence-electron chi connectivity index (χ4n) is 1.41. The monoisotopic (exact) mass is 273 g/mol. The van der Waals surface area contributed by atoms with Crippen molar-refractivity contribution in [2.45, 2.75) is 26.7 Å². The van der Waals surface area contributed by atoms with Gasteiger partial charge in [0, 0.05) is 11.5 Å². The molecule has 0 saturated carbocycles. The molecule has 2 N–H and O–H groups in total. The molecule has 1 aromatic rings. The van der Waals surface area contributed by atoms with Crippen molar-refractivity contribution < 1.29 is 13.5 Å². The molecule has 1 rings (SSSR count). The number of thiocarbonyl (C=S) groups is 1. The van der Waals surface area contributed by atoms with Crippen molar-refractivity contribution in [2.24, 2.45) is 11.1 Å². The van der Waals surface area contributed by atoms with Crippen molar-refractivity contribution in [1.29, 1.82) is 0 Å². The van der Waals surface area contributed by atoms with E-state index in [0.29, 0.717) is 18.0 Å². The third-order valence-corrected chi connectivity index (χ3v) is 3.32. The average molecular weight is 273 g/mol. The Morgan fingerprint density at radius 2 is 2.06 bits per heavy atom. The first-order chi connectivity index (χ1) is 8.33. The molecule has 1 aromatic carbocycles. The molecule has 5 heteroatoms. The Hall–Kier alpha value is -1.23. The van der Waals surface area contributed by atoms with E-state index < -0.39 is 11.6 Å². The summed E-state index contributed by atoms with van der Waals surface area (Å²) in [6.07, 6.45) is 1.40. The first kappa shape index (κ1) is 14.8. The maximum atomic E-state index is 13.2. The highest BCUT2D eigenvalue weighted by atomic mass is 32.1. The number of rotatable bonds is 6. The Kier molecular flexibility index (Phi) is 5.02. The van der Waals surface area contributed by atoms with Gasteiger partial charge in [-0.25, -0.2) is 8.78 Å². The second-order valence-electron chi connectivity index (χ2n) is 4.77. The van der Waals surface area contributed by atoms with Crippen LogP contribution in [-0.2, 0) is 0 Å². The van der Waals surface area contributed by atoms with Gasteiger partial charge in [0.2, 0.25) is 0 Å². The number of hydrogen-bond acceptors (Lipinski definition) is 2. The average Bonchev–Trinajstić information content (AvgIpc) is 2.28. The third kappa shape index (κ3) is 4.22. The second kappa shape index (κ2) is 6.09. The van der Waals surface area contributed by atoms with Crippen LogP contribution in [0.1, 0.15) is 26.7 Å². The maximum absolute atomic E-state index is 13.2. The van der Waals surface area contributed by atoms with Crippen LogP contribution < -0.4 is 10.5 Å². The molecular weight excluding hydrogens is 256 g/mol. The topological polar surface area (TPSA) is 35.2 Å². The molecule has 0 fully saturated rings. The molecule has 0 saturated heterocycles. The van der Waals surface area contributed by atoms with Crippen LogP contribution >= 0.6 is 12.2 Å². The molecule has 2 nitrogen and oxygen atoms in total. The number of hydrogen-bond donors (Lipinski definition) is 1. The fraction of sp³-hybridized carbons (Fsp3) is 0.462. The molecule has 0 heterocycles. The summed E-state index contributed by atoms with van der Waals surface area (Å²) >= 11 is 4.94. The lowest BCUT2D eigenvalue weighted by Crippen LogP contribution is -2.30. The van der Waals surface area contributed by atoms with Gasteiger partial charge in [-0.2, -0.15) is 0 Å². The van der Waals surface area contributed by atoms with E-state index in [1.54, 1.807) is 0 Å². The van der Waals surface area contributed by atoms with E-state index in [4.69, 9.17) is 22.7 Å². The van der Waals surface area contributed by atoms with E-state index in [1.165, 1.54) is 0 Å². The largest absolute Gasteiger partial charge is 0.490 e. The molecular formula is C13H17F2NOS. The van der Waals surface area contributed by atoms with Gasteiger partial charge in [0.15, 0.2) is 11.6 Å². The summed E-state index contributed by atoms with van der Waals surface area (Å²) < 4.78 is 31.3. The molecule has 18 heavy (non-hydrogen) atoms. The Morgan fingerprint density at radius 1 is 1.39 bits per heavy atom. The minimum absolute atomic E-state index is 0.0665. The molecule has 100 valence electrons. The zero-order valence-electron chi connectivity index (χ0n) is 10.5. The van der Waals surface area contributed by atoms with E-state index >= 15 is 0 Å². The van der Waals surface area contributed by atoms with E-state index in [0.717, 1.165) is 24.6 Å². The lowest BCUT2D eigenvalue weighted by Gasteiger charge is -2.22. The van der Waals surface area contributed by atoms with Gasteiger partial charge in [0.05, 0.1) is 11.6 Å². The summed E-state index contributed by atoms with van der Waals surface area (Å²) in [5.74, 6) is -1.15. The smallest absolute Gasteiger partial charge is 0.165 e. The van der Waals surface area contributed by atoms with Gasteiger partial charge in [-0.3, -0.25) is 0 Å². The standard InChI is InChI=1S/C13H17F2NOS/c1-13(2,12(16)18)6-3-7-17-11-8-9(14)4-5-10(11)15/h4-5,8H,3,6-7H2,1-2H3,(H2,16,18). The minimum atomic E-state index is -0.565. The summed E-state index contributed by atoms with van der Waals surface area (Å²) in [5.41, 5.74) is 5.34. The van der Waals surface area contributed by atoms with Crippen LogP contribution in [0.15, 0.2) is 18.2 Å². The second-order valence-corrected chi connectivity index (χ2v) is 5.21. The van der Waals surface area contributed by atoms with Crippen molar-refractivity contribution >= 4 is 17.2 Å². The molecule has 0 aliphatic heterocycles. The molecule has 0 unspecified atom stereocenters. The predicted octanol–water partition coefficient (Wildman–Crippen LogP) is 3.44. The van der Waals surface area contributed by atoms with Crippen molar-refractivity contribution in [1.82, 2.24) is 0 Å². The molecule has 0 radical (unpaired) electrons. The maximum Gasteiger partial charge on any atom is 0.165 e. The van der Waals surface area contributed by atoms with E-state index in [1.807, 2.05) is 13.8 Å². The quantitative estimate of drug-likeness (QED) is 0.637. The predicted molar refractivity (Wildman–Crippen MR) is 71.7 cm³/mol. The SMILES string of the molecule is CC(C)(CCCOc1cc(F)ccc1F)C(N)=S. The third-order valence-electron chi connectivity index (χ3n) is 2.76. The Balaban J connectivity index is 2.43. The van der Waals surface area contributed by atoms with Crippen LogP contribution in [0.25, 0.3) is 0 Å². The van der Waals surface area contributed by atoms with Gasteiger partial charge in [0.25, 0.3) is 0 Å².